The van der Waals surface area contributed by atoms with E-state index in [1.165, 1.54) is 23.9 Å². The van der Waals surface area contributed by atoms with Crippen LogP contribution in [0.2, 0.25) is 0 Å². The van der Waals surface area contributed by atoms with Crippen LogP contribution in [0.15, 0.2) is 76.4 Å². The van der Waals surface area contributed by atoms with E-state index in [9.17, 15) is 9.59 Å². The third kappa shape index (κ3) is 6.67. The van der Waals surface area contributed by atoms with Crippen LogP contribution in [0.3, 0.4) is 0 Å². The Morgan fingerprint density at radius 2 is 1.95 bits per heavy atom. The number of carbonyl (C=O) groups excluding carboxylic acids is 1. The van der Waals surface area contributed by atoms with Crippen LogP contribution in [-0.4, -0.2) is 44.7 Å². The molecule has 1 amide bonds. The molecular weight excluding hydrogens is 502 g/mol. The van der Waals surface area contributed by atoms with E-state index in [0.717, 1.165) is 41.9 Å². The molecule has 1 aromatic carbocycles. The van der Waals surface area contributed by atoms with Crippen molar-refractivity contribution >= 4 is 16.7 Å². The van der Waals surface area contributed by atoms with Gasteiger partial charge in [0.25, 0.3) is 5.56 Å². The third-order valence-electron chi connectivity index (χ3n) is 8.35. The molecule has 1 fully saturated rings. The zero-order valence-electron chi connectivity index (χ0n) is 23.5. The Morgan fingerprint density at radius 3 is 2.73 bits per heavy atom. The first-order valence-electron chi connectivity index (χ1n) is 14.4. The van der Waals surface area contributed by atoms with Gasteiger partial charge in [-0.3, -0.25) is 19.5 Å². The zero-order chi connectivity index (χ0) is 27.9. The van der Waals surface area contributed by atoms with Crippen molar-refractivity contribution in [2.45, 2.75) is 65.1 Å². The fraction of sp³-hybridized carbons (Fsp3) is 0.438. The van der Waals surface area contributed by atoms with Crippen LogP contribution in [0.4, 0.5) is 0 Å². The van der Waals surface area contributed by atoms with E-state index in [1.807, 2.05) is 42.5 Å². The lowest BCUT2D eigenvalue weighted by Crippen LogP contribution is -2.44. The minimum atomic E-state index is -0.259. The molecule has 1 aliphatic carbocycles. The number of nitrogens with one attached hydrogen (secondary N) is 1. The standard InChI is InChI=1S/C32H39N5O3/c1-23-9-5-14-30(24(23)2)36(21-26-11-7-18-40-26)17-8-16-34-31(38)22-37-32(39)28-13-4-3-12-27(28)29(35-37)19-25-10-6-15-33-20-25/h3-4,6-7,10-13,15,18,20,23-24,30H,5,8-9,14,16-17,19,21-22H2,1-2H3,(H,34,38)/t23-,24+,30-/m1/s1. The van der Waals surface area contributed by atoms with Crippen LogP contribution in [-0.2, 0) is 24.3 Å². The average Bonchev–Trinajstić information content (AvgIpc) is 3.48. The minimum Gasteiger partial charge on any atom is -0.468 e. The Hall–Kier alpha value is -3.78. The van der Waals surface area contributed by atoms with Gasteiger partial charge in [-0.25, -0.2) is 4.68 Å². The minimum absolute atomic E-state index is 0.114. The van der Waals surface area contributed by atoms with Crippen molar-refractivity contribution in [1.29, 1.82) is 0 Å². The lowest BCUT2D eigenvalue weighted by Gasteiger charge is -2.41. The Kier molecular flexibility index (Phi) is 9.06. The maximum Gasteiger partial charge on any atom is 0.275 e. The van der Waals surface area contributed by atoms with Crippen LogP contribution in [0.1, 0.15) is 56.5 Å². The molecule has 3 atom stereocenters. The third-order valence-corrected chi connectivity index (χ3v) is 8.35. The van der Waals surface area contributed by atoms with Crippen LogP contribution >= 0.6 is 0 Å². The van der Waals surface area contributed by atoms with E-state index < -0.39 is 0 Å². The summed E-state index contributed by atoms with van der Waals surface area (Å²) in [6.45, 7) is 6.78. The summed E-state index contributed by atoms with van der Waals surface area (Å²) in [5, 5.41) is 8.99. The molecule has 1 aliphatic rings. The molecule has 0 bridgehead atoms. The highest BCUT2D eigenvalue weighted by molar-refractivity contribution is 5.84. The predicted molar refractivity (Wildman–Crippen MR) is 156 cm³/mol. The van der Waals surface area contributed by atoms with Crippen molar-refractivity contribution in [2.24, 2.45) is 11.8 Å². The second-order valence-corrected chi connectivity index (χ2v) is 11.1. The summed E-state index contributed by atoms with van der Waals surface area (Å²) in [5.74, 6) is 2.08. The smallest absolute Gasteiger partial charge is 0.275 e. The summed E-state index contributed by atoms with van der Waals surface area (Å²) in [5.41, 5.74) is 1.49. The van der Waals surface area contributed by atoms with Crippen molar-refractivity contribution in [3.63, 3.8) is 0 Å². The number of furan rings is 1. The monoisotopic (exact) mass is 541 g/mol. The number of hydrogen-bond acceptors (Lipinski definition) is 6. The molecule has 8 nitrogen and oxygen atoms in total. The molecule has 40 heavy (non-hydrogen) atoms. The first-order chi connectivity index (χ1) is 19.5. The van der Waals surface area contributed by atoms with Gasteiger partial charge in [-0.05, 0) is 54.5 Å². The number of aromatic nitrogens is 3. The number of benzene rings is 1. The van der Waals surface area contributed by atoms with Gasteiger partial charge >= 0.3 is 0 Å². The van der Waals surface area contributed by atoms with Crippen molar-refractivity contribution in [2.75, 3.05) is 13.1 Å². The number of fused-ring (bicyclic) bond motifs is 1. The topological polar surface area (TPSA) is 93.3 Å². The van der Waals surface area contributed by atoms with Gasteiger partial charge in [-0.1, -0.05) is 51.0 Å². The van der Waals surface area contributed by atoms with E-state index in [4.69, 9.17) is 4.42 Å². The number of hydrogen-bond donors (Lipinski definition) is 1. The van der Waals surface area contributed by atoms with Gasteiger partial charge < -0.3 is 9.73 Å². The quantitative estimate of drug-likeness (QED) is 0.274. The second kappa shape index (κ2) is 13.0. The van der Waals surface area contributed by atoms with Gasteiger partial charge in [0.05, 0.1) is 23.9 Å². The van der Waals surface area contributed by atoms with Crippen molar-refractivity contribution in [3.8, 4) is 0 Å². The number of carbonyl (C=O) groups is 1. The van der Waals surface area contributed by atoms with Gasteiger partial charge in [0.1, 0.15) is 12.3 Å². The summed E-state index contributed by atoms with van der Waals surface area (Å²) in [7, 11) is 0. The fourth-order valence-electron chi connectivity index (χ4n) is 5.97. The molecule has 8 heteroatoms. The number of rotatable bonds is 11. The molecule has 3 aromatic heterocycles. The van der Waals surface area contributed by atoms with E-state index in [-0.39, 0.29) is 18.0 Å². The van der Waals surface area contributed by atoms with Gasteiger partial charge in [-0.15, -0.1) is 0 Å². The summed E-state index contributed by atoms with van der Waals surface area (Å²) < 4.78 is 6.95. The molecule has 0 unspecified atom stereocenters. The average molecular weight is 542 g/mol. The molecule has 0 aliphatic heterocycles. The number of amides is 1. The first-order valence-corrected chi connectivity index (χ1v) is 14.4. The molecule has 5 rings (SSSR count). The van der Waals surface area contributed by atoms with Crippen LogP contribution in [0.5, 0.6) is 0 Å². The molecule has 1 saturated carbocycles. The maximum absolute atomic E-state index is 13.2. The normalized spacial score (nSPS) is 19.2. The number of nitrogens with zero attached hydrogens (tertiary/aromatic N) is 4. The van der Waals surface area contributed by atoms with Crippen LogP contribution in [0, 0.1) is 11.8 Å². The summed E-state index contributed by atoms with van der Waals surface area (Å²) >= 11 is 0. The summed E-state index contributed by atoms with van der Waals surface area (Å²) in [4.78, 5) is 32.8. The SMILES string of the molecule is C[C@H]1[C@H](C)CCC[C@H]1N(CCCNC(=O)Cn1nc(Cc2cccnc2)c2ccccc2c1=O)Cc1ccco1. The molecule has 0 saturated heterocycles. The van der Waals surface area contributed by atoms with Crippen LogP contribution in [0.25, 0.3) is 10.8 Å². The first kappa shape index (κ1) is 27.8. The Bertz CT molecular complexity index is 1450. The Balaban J connectivity index is 1.22. The van der Waals surface area contributed by atoms with E-state index in [1.54, 1.807) is 24.7 Å². The highest BCUT2D eigenvalue weighted by Gasteiger charge is 2.31. The largest absolute Gasteiger partial charge is 0.468 e. The molecule has 210 valence electrons. The number of pyridine rings is 1. The molecule has 3 heterocycles. The summed E-state index contributed by atoms with van der Waals surface area (Å²) in [6, 6.07) is 15.8. The van der Waals surface area contributed by atoms with Crippen molar-refractivity contribution < 1.29 is 9.21 Å². The molecule has 0 radical (unpaired) electrons. The molecular formula is C32H39N5O3. The lowest BCUT2D eigenvalue weighted by atomic mass is 9.77. The predicted octanol–water partition coefficient (Wildman–Crippen LogP) is 4.81. The maximum atomic E-state index is 13.2. The van der Waals surface area contributed by atoms with E-state index in [2.05, 4.69) is 34.1 Å². The second-order valence-electron chi connectivity index (χ2n) is 11.1. The fourth-order valence-corrected chi connectivity index (χ4v) is 5.97. The van der Waals surface area contributed by atoms with Crippen LogP contribution < -0.4 is 10.9 Å². The van der Waals surface area contributed by atoms with Crippen molar-refractivity contribution in [3.05, 3.63) is 94.6 Å². The van der Waals surface area contributed by atoms with Gasteiger partial charge in [0, 0.05) is 43.3 Å². The zero-order valence-corrected chi connectivity index (χ0v) is 23.5. The van der Waals surface area contributed by atoms with Crippen molar-refractivity contribution in [1.82, 2.24) is 25.0 Å². The lowest BCUT2D eigenvalue weighted by molar-refractivity contribution is -0.121. The van der Waals surface area contributed by atoms with E-state index >= 15 is 0 Å². The highest BCUT2D eigenvalue weighted by Crippen LogP contribution is 2.33. The summed E-state index contributed by atoms with van der Waals surface area (Å²) in [6.07, 6.45) is 10.3. The Morgan fingerprint density at radius 1 is 1.10 bits per heavy atom. The van der Waals surface area contributed by atoms with Gasteiger partial charge in [0.15, 0.2) is 0 Å². The van der Waals surface area contributed by atoms with Gasteiger partial charge in [-0.2, -0.15) is 5.10 Å². The molecule has 4 aromatic rings. The molecule has 0 spiro atoms. The highest BCUT2D eigenvalue weighted by atomic mass is 16.3. The van der Waals surface area contributed by atoms with E-state index in [0.29, 0.717) is 36.2 Å². The Labute approximate surface area is 235 Å². The van der Waals surface area contributed by atoms with Gasteiger partial charge in [0.2, 0.25) is 5.91 Å². The molecule has 1 N–H and O–H groups in total.